The fourth-order valence-electron chi connectivity index (χ4n) is 6.63. The first-order chi connectivity index (χ1) is 18.3. The number of nitrogens with zero attached hydrogens (tertiary/aromatic N) is 2. The molecule has 1 aliphatic heterocycles. The molecular formula is C34H48N2O3. The fraction of sp³-hybridized carbons (Fsp3) is 0.647. The van der Waals surface area contributed by atoms with Crippen LogP contribution in [0.4, 0.5) is 0 Å². The lowest BCUT2D eigenvalue weighted by molar-refractivity contribution is -0.150. The third-order valence-corrected chi connectivity index (χ3v) is 10.3. The Hall–Kier alpha value is -2.56. The van der Waals surface area contributed by atoms with Crippen molar-refractivity contribution in [1.82, 2.24) is 9.47 Å². The molecule has 39 heavy (non-hydrogen) atoms. The number of aromatic nitrogens is 1. The number of likely N-dealkylation sites (tertiary alicyclic amines) is 1. The highest BCUT2D eigenvalue weighted by molar-refractivity contribution is 5.95. The van der Waals surface area contributed by atoms with Crippen LogP contribution in [0.3, 0.4) is 0 Å². The van der Waals surface area contributed by atoms with E-state index < -0.39 is 11.4 Å². The van der Waals surface area contributed by atoms with Crippen LogP contribution in [0.1, 0.15) is 120 Å². The van der Waals surface area contributed by atoms with E-state index in [0.29, 0.717) is 31.8 Å². The number of carbonyl (C=O) groups excluding carboxylic acids is 1. The highest BCUT2D eigenvalue weighted by atomic mass is 16.4. The predicted molar refractivity (Wildman–Crippen MR) is 157 cm³/mol. The van der Waals surface area contributed by atoms with Gasteiger partial charge in [0.15, 0.2) is 0 Å². The average molecular weight is 533 g/mol. The Morgan fingerprint density at radius 1 is 0.949 bits per heavy atom. The van der Waals surface area contributed by atoms with Gasteiger partial charge in [0, 0.05) is 31.4 Å². The molecule has 1 N–H and O–H groups in total. The normalized spacial score (nSPS) is 21.1. The molecule has 5 rings (SSSR count). The number of benzene rings is 1. The molecule has 5 nitrogen and oxygen atoms in total. The molecule has 0 unspecified atom stereocenters. The molecule has 3 fully saturated rings. The SMILES string of the molecule is Cn1c(C(=O)N2CCC(C)(C(=O)O)CC2)cc(-c2cc(C(C)(C)C)cc(C3(C)CC3)c2)c1CC1CCCCC1. The van der Waals surface area contributed by atoms with Crippen molar-refractivity contribution >= 4 is 11.9 Å². The molecule has 0 atom stereocenters. The lowest BCUT2D eigenvalue weighted by Gasteiger charge is -2.36. The van der Waals surface area contributed by atoms with E-state index in [0.717, 1.165) is 12.1 Å². The summed E-state index contributed by atoms with van der Waals surface area (Å²) < 4.78 is 2.17. The molecule has 2 aromatic rings. The van der Waals surface area contributed by atoms with E-state index in [1.165, 1.54) is 72.9 Å². The van der Waals surface area contributed by atoms with Crippen molar-refractivity contribution in [2.24, 2.45) is 18.4 Å². The number of carboxylic acids is 1. The van der Waals surface area contributed by atoms with Crippen molar-refractivity contribution in [2.45, 2.75) is 110 Å². The first-order valence-electron chi connectivity index (χ1n) is 15.2. The molecule has 5 heteroatoms. The maximum Gasteiger partial charge on any atom is 0.309 e. The van der Waals surface area contributed by atoms with Gasteiger partial charge in [-0.3, -0.25) is 9.59 Å². The summed E-state index contributed by atoms with van der Waals surface area (Å²) in [7, 11) is 2.07. The van der Waals surface area contributed by atoms with Crippen LogP contribution in [0.2, 0.25) is 0 Å². The van der Waals surface area contributed by atoms with Gasteiger partial charge in [-0.05, 0) is 78.5 Å². The van der Waals surface area contributed by atoms with E-state index in [4.69, 9.17) is 0 Å². The number of carbonyl (C=O) groups is 2. The van der Waals surface area contributed by atoms with Crippen LogP contribution in [-0.2, 0) is 29.1 Å². The molecule has 212 valence electrons. The summed E-state index contributed by atoms with van der Waals surface area (Å²) in [5.41, 5.74) is 6.78. The summed E-state index contributed by atoms with van der Waals surface area (Å²) in [6.45, 7) is 12.0. The summed E-state index contributed by atoms with van der Waals surface area (Å²) in [5.74, 6) is -0.0709. The summed E-state index contributed by atoms with van der Waals surface area (Å²) >= 11 is 0. The smallest absolute Gasteiger partial charge is 0.309 e. The van der Waals surface area contributed by atoms with Crippen molar-refractivity contribution in [3.05, 3.63) is 46.8 Å². The van der Waals surface area contributed by atoms with E-state index >= 15 is 0 Å². The minimum atomic E-state index is -0.760. The van der Waals surface area contributed by atoms with E-state index in [-0.39, 0.29) is 16.7 Å². The summed E-state index contributed by atoms with van der Waals surface area (Å²) in [5, 5.41) is 9.66. The minimum Gasteiger partial charge on any atom is -0.481 e. The highest BCUT2D eigenvalue weighted by Gasteiger charge is 2.41. The average Bonchev–Trinajstić information content (AvgIpc) is 3.58. The van der Waals surface area contributed by atoms with Crippen molar-refractivity contribution in [1.29, 1.82) is 0 Å². The van der Waals surface area contributed by atoms with Gasteiger partial charge in [0.05, 0.1) is 5.41 Å². The molecule has 1 amide bonds. The van der Waals surface area contributed by atoms with Crippen LogP contribution in [-0.4, -0.2) is 39.5 Å². The number of amides is 1. The van der Waals surface area contributed by atoms with E-state index in [2.05, 4.69) is 63.6 Å². The topological polar surface area (TPSA) is 62.5 Å². The first kappa shape index (κ1) is 28.0. The quantitative estimate of drug-likeness (QED) is 0.419. The molecule has 2 saturated carbocycles. The van der Waals surface area contributed by atoms with Crippen LogP contribution in [0.15, 0.2) is 24.3 Å². The summed E-state index contributed by atoms with van der Waals surface area (Å²) in [6.07, 6.45) is 10.9. The van der Waals surface area contributed by atoms with Gasteiger partial charge in [-0.2, -0.15) is 0 Å². The lowest BCUT2D eigenvalue weighted by Crippen LogP contribution is -2.45. The van der Waals surface area contributed by atoms with Crippen molar-refractivity contribution in [3.63, 3.8) is 0 Å². The maximum absolute atomic E-state index is 13.9. The van der Waals surface area contributed by atoms with Crippen LogP contribution in [0.25, 0.3) is 11.1 Å². The van der Waals surface area contributed by atoms with E-state index in [1.807, 2.05) is 4.90 Å². The lowest BCUT2D eigenvalue weighted by atomic mass is 9.80. The Morgan fingerprint density at radius 3 is 2.15 bits per heavy atom. The van der Waals surface area contributed by atoms with Gasteiger partial charge in [0.25, 0.3) is 5.91 Å². The summed E-state index contributed by atoms with van der Waals surface area (Å²) in [4.78, 5) is 27.5. The monoisotopic (exact) mass is 532 g/mol. The van der Waals surface area contributed by atoms with Crippen LogP contribution in [0.5, 0.6) is 0 Å². The Balaban J connectivity index is 1.55. The molecule has 2 heterocycles. The van der Waals surface area contributed by atoms with Gasteiger partial charge in [-0.25, -0.2) is 0 Å². The third kappa shape index (κ3) is 5.56. The number of piperidine rings is 1. The number of hydrogen-bond donors (Lipinski definition) is 1. The zero-order valence-electron chi connectivity index (χ0n) is 25.0. The number of hydrogen-bond acceptors (Lipinski definition) is 2. The molecule has 2 aliphatic carbocycles. The summed E-state index contributed by atoms with van der Waals surface area (Å²) in [6, 6.07) is 9.32. The van der Waals surface area contributed by atoms with E-state index in [1.54, 1.807) is 6.92 Å². The molecule has 0 spiro atoms. The minimum absolute atomic E-state index is 0.0300. The molecule has 1 aromatic heterocycles. The zero-order chi connectivity index (χ0) is 28.2. The van der Waals surface area contributed by atoms with Crippen LogP contribution in [0, 0.1) is 11.3 Å². The Labute approximate surface area is 235 Å². The standard InChI is InChI=1S/C34H48N2O3/c1-32(2,3)25-19-24(20-26(21-25)33(4)12-13-33)27-22-29(35(6)28(27)18-23-10-8-7-9-11-23)30(37)36-16-14-34(5,15-17-36)31(38)39/h19-23H,7-18H2,1-6H3,(H,38,39). The largest absolute Gasteiger partial charge is 0.481 e. The second kappa shape index (κ2) is 10.1. The van der Waals surface area contributed by atoms with Crippen molar-refractivity contribution in [2.75, 3.05) is 13.1 Å². The highest BCUT2D eigenvalue weighted by Crippen LogP contribution is 2.49. The van der Waals surface area contributed by atoms with Crippen molar-refractivity contribution < 1.29 is 14.7 Å². The Bertz CT molecular complexity index is 1220. The fourth-order valence-corrected chi connectivity index (χ4v) is 6.63. The Morgan fingerprint density at radius 2 is 1.59 bits per heavy atom. The zero-order valence-corrected chi connectivity index (χ0v) is 25.0. The van der Waals surface area contributed by atoms with Gasteiger partial charge >= 0.3 is 5.97 Å². The molecule has 0 bridgehead atoms. The molecule has 1 saturated heterocycles. The van der Waals surface area contributed by atoms with Crippen molar-refractivity contribution in [3.8, 4) is 11.1 Å². The van der Waals surface area contributed by atoms with Crippen LogP contribution < -0.4 is 0 Å². The first-order valence-corrected chi connectivity index (χ1v) is 15.2. The van der Waals surface area contributed by atoms with Gasteiger partial charge in [-0.1, -0.05) is 78.0 Å². The second-order valence-electron chi connectivity index (χ2n) is 14.4. The maximum atomic E-state index is 13.9. The molecule has 0 radical (unpaired) electrons. The van der Waals surface area contributed by atoms with Gasteiger partial charge in [-0.15, -0.1) is 0 Å². The third-order valence-electron chi connectivity index (χ3n) is 10.3. The van der Waals surface area contributed by atoms with Gasteiger partial charge < -0.3 is 14.6 Å². The van der Waals surface area contributed by atoms with Gasteiger partial charge in [0.1, 0.15) is 5.69 Å². The predicted octanol–water partition coefficient (Wildman–Crippen LogP) is 7.49. The molecule has 3 aliphatic rings. The molecular weight excluding hydrogens is 484 g/mol. The number of carboxylic acid groups (broad SMARTS) is 1. The second-order valence-corrected chi connectivity index (χ2v) is 14.4. The number of aliphatic carboxylic acids is 1. The molecule has 1 aromatic carbocycles. The number of rotatable bonds is 6. The Kier molecular flexibility index (Phi) is 7.26. The van der Waals surface area contributed by atoms with Crippen LogP contribution >= 0.6 is 0 Å². The van der Waals surface area contributed by atoms with E-state index in [9.17, 15) is 14.7 Å². The van der Waals surface area contributed by atoms with Gasteiger partial charge in [0.2, 0.25) is 0 Å².